The molecule has 0 bridgehead atoms. The molecule has 1 atom stereocenters. The van der Waals surface area contributed by atoms with E-state index in [9.17, 15) is 9.59 Å². The van der Waals surface area contributed by atoms with Crippen LogP contribution in [0.2, 0.25) is 10.0 Å². The predicted octanol–water partition coefficient (Wildman–Crippen LogP) is 4.63. The number of fused-ring (bicyclic) bond motifs is 3. The lowest BCUT2D eigenvalue weighted by atomic mass is 9.69. The molecule has 0 amide bonds. The van der Waals surface area contributed by atoms with E-state index in [0.29, 0.717) is 29.7 Å². The number of esters is 1. The van der Waals surface area contributed by atoms with Crippen LogP contribution in [0.1, 0.15) is 43.7 Å². The van der Waals surface area contributed by atoms with Crippen molar-refractivity contribution < 1.29 is 19.1 Å². The number of rotatable bonds is 5. The smallest absolute Gasteiger partial charge is 0.344 e. The summed E-state index contributed by atoms with van der Waals surface area (Å²) < 4.78 is 10.4. The van der Waals surface area contributed by atoms with Crippen LogP contribution in [0.3, 0.4) is 0 Å². The van der Waals surface area contributed by atoms with Gasteiger partial charge in [-0.25, -0.2) is 4.79 Å². The Kier molecular flexibility index (Phi) is 4.52. The summed E-state index contributed by atoms with van der Waals surface area (Å²) in [5.74, 6) is 0.698. The Balaban J connectivity index is 1.71. The first-order valence-corrected chi connectivity index (χ1v) is 9.76. The lowest BCUT2D eigenvalue weighted by molar-refractivity contribution is -0.145. The van der Waals surface area contributed by atoms with E-state index >= 15 is 0 Å². The van der Waals surface area contributed by atoms with Gasteiger partial charge in [-0.3, -0.25) is 4.79 Å². The summed E-state index contributed by atoms with van der Waals surface area (Å²) in [6, 6.07) is 1.87. The van der Waals surface area contributed by atoms with Gasteiger partial charge < -0.3 is 9.47 Å². The van der Waals surface area contributed by atoms with Crippen LogP contribution < -0.4 is 4.74 Å². The third kappa shape index (κ3) is 2.84. The number of ether oxygens (including phenoxy) is 2. The maximum absolute atomic E-state index is 12.1. The number of benzene rings is 1. The molecular formula is C20H20Cl2O4. The quantitative estimate of drug-likeness (QED) is 0.682. The maximum Gasteiger partial charge on any atom is 0.344 e. The van der Waals surface area contributed by atoms with Crippen molar-refractivity contribution in [2.24, 2.45) is 11.3 Å². The van der Waals surface area contributed by atoms with Crippen molar-refractivity contribution in [3.05, 3.63) is 33.3 Å². The fourth-order valence-corrected chi connectivity index (χ4v) is 4.95. The molecular weight excluding hydrogens is 375 g/mol. The summed E-state index contributed by atoms with van der Waals surface area (Å²) in [5.41, 5.74) is 2.99. The molecule has 6 heteroatoms. The number of carbonyl (C=O) groups excluding carboxylic acids is 2. The van der Waals surface area contributed by atoms with Crippen LogP contribution in [0, 0.1) is 11.3 Å². The molecule has 0 spiro atoms. The van der Waals surface area contributed by atoms with Gasteiger partial charge in [0.1, 0.15) is 10.8 Å². The highest BCUT2D eigenvalue weighted by Gasteiger charge is 2.53. The van der Waals surface area contributed by atoms with Gasteiger partial charge in [-0.05, 0) is 61.8 Å². The lowest BCUT2D eigenvalue weighted by Crippen LogP contribution is -2.28. The van der Waals surface area contributed by atoms with Crippen molar-refractivity contribution in [1.29, 1.82) is 0 Å². The van der Waals surface area contributed by atoms with Gasteiger partial charge in [-0.2, -0.15) is 0 Å². The standard InChI is InChI=1S/C20H20Cl2O4/c1-2-25-16(24)10-26-15-7-11-9-20(12-3-4-12)6-5-13(23)8-14(20)17(11)19(22)18(15)21/h7-8,12H,2-6,9-10H2,1H3. The Morgan fingerprint density at radius 1 is 1.31 bits per heavy atom. The first-order chi connectivity index (χ1) is 12.5. The average molecular weight is 395 g/mol. The Hall–Kier alpha value is -1.52. The Labute approximate surface area is 162 Å². The van der Waals surface area contributed by atoms with E-state index in [2.05, 4.69) is 0 Å². The zero-order chi connectivity index (χ0) is 18.5. The van der Waals surface area contributed by atoms with Crippen molar-refractivity contribution in [3.63, 3.8) is 0 Å². The Morgan fingerprint density at radius 3 is 2.77 bits per heavy atom. The van der Waals surface area contributed by atoms with Crippen LogP contribution in [0.15, 0.2) is 12.1 Å². The van der Waals surface area contributed by atoms with Crippen molar-refractivity contribution >= 4 is 40.5 Å². The molecule has 3 aliphatic carbocycles. The van der Waals surface area contributed by atoms with Crippen molar-refractivity contribution in [2.75, 3.05) is 13.2 Å². The van der Waals surface area contributed by atoms with E-state index < -0.39 is 5.97 Å². The zero-order valence-electron chi connectivity index (χ0n) is 14.6. The van der Waals surface area contributed by atoms with Crippen molar-refractivity contribution in [2.45, 2.75) is 39.0 Å². The number of allylic oxidation sites excluding steroid dienone is 2. The van der Waals surface area contributed by atoms with Gasteiger partial charge in [0.2, 0.25) is 0 Å². The zero-order valence-corrected chi connectivity index (χ0v) is 16.1. The largest absolute Gasteiger partial charge is 0.480 e. The number of hydrogen-bond acceptors (Lipinski definition) is 4. The third-order valence-corrected chi connectivity index (χ3v) is 6.55. The summed E-state index contributed by atoms with van der Waals surface area (Å²) in [4.78, 5) is 23.6. The summed E-state index contributed by atoms with van der Waals surface area (Å²) in [6.45, 7) is 1.83. The lowest BCUT2D eigenvalue weighted by Gasteiger charge is -2.34. The topological polar surface area (TPSA) is 52.6 Å². The van der Waals surface area contributed by atoms with E-state index in [1.54, 1.807) is 13.0 Å². The molecule has 0 N–H and O–H groups in total. The van der Waals surface area contributed by atoms with Gasteiger partial charge in [-0.15, -0.1) is 0 Å². The fourth-order valence-electron chi connectivity index (χ4n) is 4.43. The number of ketones is 1. The first-order valence-electron chi connectivity index (χ1n) is 9.01. The highest BCUT2D eigenvalue weighted by molar-refractivity contribution is 6.44. The summed E-state index contributed by atoms with van der Waals surface area (Å²) in [6.07, 6.45) is 6.46. The van der Waals surface area contributed by atoms with Gasteiger partial charge in [0.25, 0.3) is 0 Å². The third-order valence-electron chi connectivity index (χ3n) is 5.70. The summed E-state index contributed by atoms with van der Waals surface area (Å²) >= 11 is 13.0. The van der Waals surface area contributed by atoms with Gasteiger partial charge in [0.15, 0.2) is 12.4 Å². The normalized spacial score (nSPS) is 24.0. The molecule has 0 saturated heterocycles. The fraction of sp³-hybridized carbons (Fsp3) is 0.500. The molecule has 1 aromatic carbocycles. The van der Waals surface area contributed by atoms with Gasteiger partial charge in [-0.1, -0.05) is 23.2 Å². The molecule has 0 aromatic heterocycles. The summed E-state index contributed by atoms with van der Waals surface area (Å²) in [5, 5.41) is 0.687. The number of hydrogen-bond donors (Lipinski definition) is 0. The predicted molar refractivity (Wildman–Crippen MR) is 99.7 cm³/mol. The Bertz CT molecular complexity index is 826. The molecule has 4 rings (SSSR count). The Morgan fingerprint density at radius 2 is 2.08 bits per heavy atom. The molecule has 1 fully saturated rings. The highest BCUT2D eigenvalue weighted by Crippen LogP contribution is 2.64. The SMILES string of the molecule is CCOC(=O)COc1cc2c(c(Cl)c1Cl)C1=CC(=O)CCC1(C1CC1)C2. The van der Waals surface area contributed by atoms with E-state index in [1.165, 1.54) is 12.8 Å². The summed E-state index contributed by atoms with van der Waals surface area (Å²) in [7, 11) is 0. The second kappa shape index (κ2) is 6.58. The van der Waals surface area contributed by atoms with Crippen LogP contribution in [0.25, 0.3) is 5.57 Å². The molecule has 3 aliphatic rings. The second-order valence-corrected chi connectivity index (χ2v) is 8.02. The minimum Gasteiger partial charge on any atom is -0.480 e. The van der Waals surface area contributed by atoms with Crippen LogP contribution in [0.5, 0.6) is 5.75 Å². The van der Waals surface area contributed by atoms with E-state index in [0.717, 1.165) is 29.5 Å². The van der Waals surface area contributed by atoms with Gasteiger partial charge in [0.05, 0.1) is 11.6 Å². The molecule has 26 heavy (non-hydrogen) atoms. The number of carbonyl (C=O) groups is 2. The van der Waals surface area contributed by atoms with Crippen molar-refractivity contribution in [1.82, 2.24) is 0 Å². The molecule has 1 aromatic rings. The van der Waals surface area contributed by atoms with Gasteiger partial charge >= 0.3 is 5.97 Å². The van der Waals surface area contributed by atoms with E-state index in [4.69, 9.17) is 32.7 Å². The second-order valence-electron chi connectivity index (χ2n) is 7.26. The molecule has 0 radical (unpaired) electrons. The van der Waals surface area contributed by atoms with Crippen LogP contribution in [0.4, 0.5) is 0 Å². The monoisotopic (exact) mass is 394 g/mol. The molecule has 0 aliphatic heterocycles. The molecule has 1 saturated carbocycles. The van der Waals surface area contributed by atoms with E-state index in [1.807, 2.05) is 6.07 Å². The van der Waals surface area contributed by atoms with Gasteiger partial charge in [0, 0.05) is 17.4 Å². The van der Waals surface area contributed by atoms with Crippen LogP contribution in [-0.2, 0) is 20.7 Å². The first kappa shape index (κ1) is 17.9. The highest BCUT2D eigenvalue weighted by atomic mass is 35.5. The minimum atomic E-state index is -0.448. The van der Waals surface area contributed by atoms with Crippen LogP contribution >= 0.6 is 23.2 Å². The van der Waals surface area contributed by atoms with Crippen molar-refractivity contribution in [3.8, 4) is 5.75 Å². The minimum absolute atomic E-state index is 0.00295. The molecule has 0 heterocycles. The van der Waals surface area contributed by atoms with Crippen LogP contribution in [-0.4, -0.2) is 25.0 Å². The molecule has 138 valence electrons. The number of halogens is 2. The molecule has 4 nitrogen and oxygen atoms in total. The maximum atomic E-state index is 12.1. The average Bonchev–Trinajstić information content (AvgIpc) is 3.40. The van der Waals surface area contributed by atoms with E-state index in [-0.39, 0.29) is 22.8 Å². The molecule has 1 unspecified atom stereocenters.